The molecule has 0 aliphatic rings. The van der Waals surface area contributed by atoms with Gasteiger partial charge in [-0.2, -0.15) is 0 Å². The van der Waals surface area contributed by atoms with Crippen LogP contribution in [0.4, 0.5) is 11.4 Å². The summed E-state index contributed by atoms with van der Waals surface area (Å²) >= 11 is 12.0. The van der Waals surface area contributed by atoms with Gasteiger partial charge in [0.2, 0.25) is 0 Å². The van der Waals surface area contributed by atoms with E-state index in [1.165, 1.54) is 12.1 Å². The van der Waals surface area contributed by atoms with Crippen LogP contribution in [0.1, 0.15) is 39.2 Å². The van der Waals surface area contributed by atoms with Crippen molar-refractivity contribution in [3.05, 3.63) is 93.5 Å². The van der Waals surface area contributed by atoms with Gasteiger partial charge in [0.1, 0.15) is 0 Å². The number of benzene rings is 3. The first-order chi connectivity index (χ1) is 14.7. The van der Waals surface area contributed by atoms with Gasteiger partial charge in [-0.25, -0.2) is 0 Å². The molecule has 3 aromatic carbocycles. The van der Waals surface area contributed by atoms with Crippen molar-refractivity contribution in [1.29, 1.82) is 0 Å². The number of anilines is 2. The lowest BCUT2D eigenvalue weighted by molar-refractivity contribution is 0.0939. The van der Waals surface area contributed by atoms with E-state index in [0.29, 0.717) is 26.9 Å². The molecule has 1 atom stereocenters. The summed E-state index contributed by atoms with van der Waals surface area (Å²) in [4.78, 5) is 27.6. The van der Waals surface area contributed by atoms with Crippen molar-refractivity contribution < 1.29 is 9.59 Å². The maximum atomic E-state index is 13.1. The number of carbonyl (C=O) groups is 2. The van der Waals surface area contributed by atoms with Crippen LogP contribution in [0.15, 0.2) is 66.7 Å². The molecule has 0 aromatic heterocycles. The third-order valence-electron chi connectivity index (χ3n) is 4.75. The average Bonchev–Trinajstić information content (AvgIpc) is 2.73. The van der Waals surface area contributed by atoms with Crippen LogP contribution in [0.5, 0.6) is 0 Å². The highest BCUT2D eigenvalue weighted by Gasteiger charge is 2.18. The minimum atomic E-state index is -0.369. The molecule has 0 aliphatic heterocycles. The molecule has 31 heavy (non-hydrogen) atoms. The molecule has 0 fully saturated rings. The zero-order valence-electron chi connectivity index (χ0n) is 17.4. The highest BCUT2D eigenvalue weighted by molar-refractivity contribution is 6.35. The fraction of sp³-hybridized carbons (Fsp3) is 0.167. The SMILES string of the molecule is CC(NC(=O)c1cc(NC(=O)c2cc(Cl)cc(Cl)c2)ccc1N(C)C)c1ccccc1. The van der Waals surface area contributed by atoms with E-state index in [0.717, 1.165) is 11.3 Å². The Kier molecular flexibility index (Phi) is 7.21. The molecule has 0 saturated carbocycles. The topological polar surface area (TPSA) is 61.4 Å². The molecule has 0 saturated heterocycles. The second kappa shape index (κ2) is 9.86. The van der Waals surface area contributed by atoms with E-state index >= 15 is 0 Å². The average molecular weight is 456 g/mol. The monoisotopic (exact) mass is 455 g/mol. The molecule has 5 nitrogen and oxygen atoms in total. The van der Waals surface area contributed by atoms with E-state index in [4.69, 9.17) is 23.2 Å². The van der Waals surface area contributed by atoms with Crippen LogP contribution in [-0.2, 0) is 0 Å². The van der Waals surface area contributed by atoms with Gasteiger partial charge in [0.05, 0.1) is 11.6 Å². The molecule has 3 aromatic rings. The van der Waals surface area contributed by atoms with E-state index in [1.807, 2.05) is 56.3 Å². The Hall–Kier alpha value is -3.02. The van der Waals surface area contributed by atoms with E-state index in [-0.39, 0.29) is 17.9 Å². The summed E-state index contributed by atoms with van der Waals surface area (Å²) in [5.74, 6) is -0.604. The summed E-state index contributed by atoms with van der Waals surface area (Å²) < 4.78 is 0. The number of nitrogens with one attached hydrogen (secondary N) is 2. The maximum Gasteiger partial charge on any atom is 0.255 e. The predicted octanol–water partition coefficient (Wildman–Crippen LogP) is 5.80. The number of halogens is 2. The Balaban J connectivity index is 1.85. The largest absolute Gasteiger partial charge is 0.377 e. The molecule has 0 radical (unpaired) electrons. The predicted molar refractivity (Wildman–Crippen MR) is 128 cm³/mol. The smallest absolute Gasteiger partial charge is 0.255 e. The summed E-state index contributed by atoms with van der Waals surface area (Å²) in [6, 6.07) is 19.4. The highest BCUT2D eigenvalue weighted by atomic mass is 35.5. The Morgan fingerprint density at radius 1 is 0.871 bits per heavy atom. The zero-order chi connectivity index (χ0) is 22.5. The minimum Gasteiger partial charge on any atom is -0.377 e. The molecule has 2 N–H and O–H groups in total. The Morgan fingerprint density at radius 3 is 2.13 bits per heavy atom. The Bertz CT molecular complexity index is 1080. The summed E-state index contributed by atoms with van der Waals surface area (Å²) in [7, 11) is 3.72. The van der Waals surface area contributed by atoms with Crippen LogP contribution in [0.3, 0.4) is 0 Å². The number of amides is 2. The van der Waals surface area contributed by atoms with Crippen molar-refractivity contribution in [3.8, 4) is 0 Å². The molecule has 2 amide bonds. The lowest BCUT2D eigenvalue weighted by atomic mass is 10.1. The Labute approximate surface area is 192 Å². The van der Waals surface area contributed by atoms with Gasteiger partial charge in [-0.15, -0.1) is 0 Å². The highest BCUT2D eigenvalue weighted by Crippen LogP contribution is 2.25. The first kappa shape index (κ1) is 22.7. The molecule has 1 unspecified atom stereocenters. The molecular formula is C24H23Cl2N3O2. The minimum absolute atomic E-state index is 0.171. The van der Waals surface area contributed by atoms with E-state index < -0.39 is 0 Å². The van der Waals surface area contributed by atoms with E-state index in [1.54, 1.807) is 24.3 Å². The lowest BCUT2D eigenvalue weighted by Crippen LogP contribution is -2.28. The number of rotatable bonds is 6. The third kappa shape index (κ3) is 5.78. The fourth-order valence-electron chi connectivity index (χ4n) is 3.17. The van der Waals surface area contributed by atoms with Gasteiger partial charge < -0.3 is 15.5 Å². The molecule has 7 heteroatoms. The van der Waals surface area contributed by atoms with Crippen LogP contribution in [0.2, 0.25) is 10.0 Å². The summed E-state index contributed by atoms with van der Waals surface area (Å²) in [6.45, 7) is 1.93. The van der Waals surface area contributed by atoms with E-state index in [2.05, 4.69) is 10.6 Å². The second-order valence-electron chi connectivity index (χ2n) is 7.34. The molecule has 0 aliphatic carbocycles. The van der Waals surface area contributed by atoms with Crippen LogP contribution in [0, 0.1) is 0 Å². The number of hydrogen-bond donors (Lipinski definition) is 2. The van der Waals surface area contributed by atoms with Crippen LogP contribution in [-0.4, -0.2) is 25.9 Å². The van der Waals surface area contributed by atoms with Gasteiger partial charge in [-0.05, 0) is 48.9 Å². The van der Waals surface area contributed by atoms with Crippen molar-refractivity contribution in [2.45, 2.75) is 13.0 Å². The van der Waals surface area contributed by atoms with Crippen LogP contribution < -0.4 is 15.5 Å². The second-order valence-corrected chi connectivity index (χ2v) is 8.22. The van der Waals surface area contributed by atoms with Gasteiger partial charge in [-0.3, -0.25) is 9.59 Å². The summed E-state index contributed by atoms with van der Waals surface area (Å²) in [6.07, 6.45) is 0. The first-order valence-corrected chi connectivity index (χ1v) is 10.4. The van der Waals surface area contributed by atoms with Gasteiger partial charge in [-0.1, -0.05) is 53.5 Å². The van der Waals surface area contributed by atoms with Crippen LogP contribution >= 0.6 is 23.2 Å². The molecule has 0 bridgehead atoms. The fourth-order valence-corrected chi connectivity index (χ4v) is 3.70. The zero-order valence-corrected chi connectivity index (χ0v) is 19.0. The molecule has 0 heterocycles. The van der Waals surface area contributed by atoms with Crippen LogP contribution in [0.25, 0.3) is 0 Å². The molecular weight excluding hydrogens is 433 g/mol. The van der Waals surface area contributed by atoms with Gasteiger partial charge in [0.15, 0.2) is 0 Å². The molecule has 0 spiro atoms. The maximum absolute atomic E-state index is 13.1. The van der Waals surface area contributed by atoms with Crippen molar-refractivity contribution in [2.75, 3.05) is 24.3 Å². The van der Waals surface area contributed by atoms with Crippen molar-refractivity contribution in [2.24, 2.45) is 0 Å². The van der Waals surface area contributed by atoms with Crippen molar-refractivity contribution >= 4 is 46.4 Å². The van der Waals surface area contributed by atoms with Gasteiger partial charge in [0, 0.05) is 41.1 Å². The quantitative estimate of drug-likeness (QED) is 0.493. The normalized spacial score (nSPS) is 11.5. The molecule has 160 valence electrons. The lowest BCUT2D eigenvalue weighted by Gasteiger charge is -2.20. The number of nitrogens with zero attached hydrogens (tertiary/aromatic N) is 1. The molecule has 3 rings (SSSR count). The number of hydrogen-bond acceptors (Lipinski definition) is 3. The van der Waals surface area contributed by atoms with E-state index in [9.17, 15) is 9.59 Å². The summed E-state index contributed by atoms with van der Waals surface area (Å²) in [5.41, 5.74) is 3.02. The Morgan fingerprint density at radius 2 is 1.52 bits per heavy atom. The third-order valence-corrected chi connectivity index (χ3v) is 5.19. The van der Waals surface area contributed by atoms with Crippen molar-refractivity contribution in [3.63, 3.8) is 0 Å². The van der Waals surface area contributed by atoms with Crippen molar-refractivity contribution in [1.82, 2.24) is 5.32 Å². The standard InChI is InChI=1S/C24H23Cl2N3O2/c1-15(16-7-5-4-6-8-16)27-24(31)21-14-20(9-10-22(21)29(2)3)28-23(30)17-11-18(25)13-19(26)12-17/h4-15H,1-3H3,(H,27,31)(H,28,30). The summed E-state index contributed by atoms with van der Waals surface area (Å²) in [5, 5.41) is 6.57. The number of carbonyl (C=O) groups excluding carboxylic acids is 2. The first-order valence-electron chi connectivity index (χ1n) is 9.69. The van der Waals surface area contributed by atoms with Gasteiger partial charge >= 0.3 is 0 Å². The van der Waals surface area contributed by atoms with Gasteiger partial charge in [0.25, 0.3) is 11.8 Å².